The van der Waals surface area contributed by atoms with Crippen molar-refractivity contribution in [2.24, 2.45) is 0 Å². The van der Waals surface area contributed by atoms with E-state index in [-0.39, 0.29) is 6.61 Å². The summed E-state index contributed by atoms with van der Waals surface area (Å²) in [7, 11) is 0. The lowest BCUT2D eigenvalue weighted by atomic mass is 10.1. The topological polar surface area (TPSA) is 59.2 Å². The third-order valence-electron chi connectivity index (χ3n) is 2.86. The normalized spacial score (nSPS) is 10.9. The van der Waals surface area contributed by atoms with Gasteiger partial charge in [0, 0.05) is 35.8 Å². The van der Waals surface area contributed by atoms with Crippen molar-refractivity contribution in [2.75, 3.05) is 6.61 Å². The molecule has 0 aliphatic rings. The molecular weight excluding hydrogens is 228 g/mol. The van der Waals surface area contributed by atoms with Crippen LogP contribution in [0.5, 0.6) is 0 Å². The Morgan fingerprint density at radius 2 is 2.06 bits per heavy atom. The number of aromatic nitrogens is 2. The summed E-state index contributed by atoms with van der Waals surface area (Å²) < 4.78 is 5.17. The van der Waals surface area contributed by atoms with E-state index in [0.717, 1.165) is 22.0 Å². The van der Waals surface area contributed by atoms with Crippen LogP contribution in [0, 0.1) is 0 Å². The molecule has 0 radical (unpaired) electrons. The van der Waals surface area contributed by atoms with E-state index in [1.807, 2.05) is 36.5 Å². The number of aliphatic hydroxyl groups excluding tert-OH is 1. The fourth-order valence-electron chi connectivity index (χ4n) is 1.99. The van der Waals surface area contributed by atoms with E-state index in [0.29, 0.717) is 12.2 Å². The first kappa shape index (κ1) is 10.9. The Labute approximate surface area is 104 Å². The van der Waals surface area contributed by atoms with Gasteiger partial charge in [-0.25, -0.2) is 0 Å². The maximum atomic E-state index is 8.87. The van der Waals surface area contributed by atoms with Crippen molar-refractivity contribution in [3.63, 3.8) is 0 Å². The van der Waals surface area contributed by atoms with Gasteiger partial charge in [-0.15, -0.1) is 0 Å². The minimum absolute atomic E-state index is 0.0580. The molecule has 18 heavy (non-hydrogen) atoms. The summed E-state index contributed by atoms with van der Waals surface area (Å²) >= 11 is 0. The van der Waals surface area contributed by atoms with Crippen LogP contribution in [0.2, 0.25) is 0 Å². The van der Waals surface area contributed by atoms with Gasteiger partial charge in [0.2, 0.25) is 0 Å². The molecule has 0 unspecified atom stereocenters. The summed E-state index contributed by atoms with van der Waals surface area (Å²) in [6.07, 6.45) is 4.08. The highest BCUT2D eigenvalue weighted by Crippen LogP contribution is 2.27. The van der Waals surface area contributed by atoms with Crippen molar-refractivity contribution in [1.29, 1.82) is 0 Å². The summed E-state index contributed by atoms with van der Waals surface area (Å²) in [6.45, 7) is 0.0580. The van der Waals surface area contributed by atoms with Crippen LogP contribution in [-0.4, -0.2) is 21.9 Å². The number of aliphatic hydroxyl groups is 1. The van der Waals surface area contributed by atoms with Crippen molar-refractivity contribution in [3.05, 3.63) is 48.5 Å². The lowest BCUT2D eigenvalue weighted by Crippen LogP contribution is -1.86. The molecule has 0 amide bonds. The van der Waals surface area contributed by atoms with Crippen LogP contribution >= 0.6 is 0 Å². The van der Waals surface area contributed by atoms with Gasteiger partial charge in [0.05, 0.1) is 6.61 Å². The van der Waals surface area contributed by atoms with Crippen LogP contribution in [0.15, 0.2) is 47.2 Å². The molecule has 0 atom stereocenters. The molecule has 4 nitrogen and oxygen atoms in total. The number of hydrogen-bond acceptors (Lipinski definition) is 4. The van der Waals surface area contributed by atoms with Gasteiger partial charge in [0.25, 0.3) is 0 Å². The first-order valence-electron chi connectivity index (χ1n) is 5.78. The monoisotopic (exact) mass is 240 g/mol. The Hall–Kier alpha value is -2.20. The lowest BCUT2D eigenvalue weighted by molar-refractivity contribution is 0.277. The van der Waals surface area contributed by atoms with E-state index in [1.165, 1.54) is 0 Å². The largest absolute Gasteiger partial charge is 0.396 e. The van der Waals surface area contributed by atoms with Crippen LogP contribution in [-0.2, 0) is 6.42 Å². The second kappa shape index (κ2) is 4.58. The van der Waals surface area contributed by atoms with Gasteiger partial charge in [0.1, 0.15) is 11.5 Å². The van der Waals surface area contributed by atoms with E-state index < -0.39 is 0 Å². The molecule has 1 aromatic carbocycles. The van der Waals surface area contributed by atoms with E-state index in [1.54, 1.807) is 6.20 Å². The molecule has 3 aromatic rings. The summed E-state index contributed by atoms with van der Waals surface area (Å²) in [5.41, 5.74) is 1.70. The molecular formula is C14H12N2O2. The van der Waals surface area contributed by atoms with Gasteiger partial charge in [-0.2, -0.15) is 0 Å². The van der Waals surface area contributed by atoms with Gasteiger partial charge >= 0.3 is 0 Å². The Bertz CT molecular complexity index is 671. The Balaban J connectivity index is 2.12. The van der Waals surface area contributed by atoms with Crippen molar-refractivity contribution < 1.29 is 9.63 Å². The third kappa shape index (κ3) is 1.87. The highest BCUT2D eigenvalue weighted by Gasteiger charge is 2.09. The molecule has 2 heterocycles. The number of fused-ring (bicyclic) bond motifs is 1. The smallest absolute Gasteiger partial charge is 0.139 e. The highest BCUT2D eigenvalue weighted by atomic mass is 16.5. The fourth-order valence-corrected chi connectivity index (χ4v) is 1.99. The minimum atomic E-state index is 0.0580. The molecule has 0 bridgehead atoms. The number of hydrogen-bond donors (Lipinski definition) is 1. The maximum absolute atomic E-state index is 8.87. The zero-order valence-electron chi connectivity index (χ0n) is 9.71. The molecule has 0 aliphatic heterocycles. The molecule has 0 saturated carbocycles. The van der Waals surface area contributed by atoms with Crippen molar-refractivity contribution >= 4 is 10.8 Å². The molecule has 0 aliphatic carbocycles. The minimum Gasteiger partial charge on any atom is -0.396 e. The average Bonchev–Trinajstić information content (AvgIpc) is 2.87. The highest BCUT2D eigenvalue weighted by molar-refractivity contribution is 5.94. The third-order valence-corrected chi connectivity index (χ3v) is 2.86. The molecule has 1 N–H and O–H groups in total. The Kier molecular flexibility index (Phi) is 2.78. The maximum Gasteiger partial charge on any atom is 0.139 e. The van der Waals surface area contributed by atoms with E-state index in [9.17, 15) is 0 Å². The van der Waals surface area contributed by atoms with Crippen molar-refractivity contribution in [2.45, 2.75) is 6.42 Å². The second-order valence-electron chi connectivity index (χ2n) is 4.06. The van der Waals surface area contributed by atoms with Gasteiger partial charge in [-0.1, -0.05) is 29.4 Å². The molecule has 4 heteroatoms. The SMILES string of the molecule is OCCc1cc(-c2cncc3ccccc23)no1. The van der Waals surface area contributed by atoms with E-state index >= 15 is 0 Å². The van der Waals surface area contributed by atoms with Gasteiger partial charge in [-0.05, 0) is 5.39 Å². The second-order valence-corrected chi connectivity index (χ2v) is 4.06. The Morgan fingerprint density at radius 3 is 2.94 bits per heavy atom. The first-order valence-corrected chi connectivity index (χ1v) is 5.78. The molecule has 0 saturated heterocycles. The molecule has 3 rings (SSSR count). The van der Waals surface area contributed by atoms with Crippen LogP contribution in [0.25, 0.3) is 22.0 Å². The van der Waals surface area contributed by atoms with Crippen molar-refractivity contribution in [3.8, 4) is 11.3 Å². The number of rotatable bonds is 3. The summed E-state index contributed by atoms with van der Waals surface area (Å²) in [5.74, 6) is 0.681. The number of nitrogens with zero attached hydrogens (tertiary/aromatic N) is 2. The van der Waals surface area contributed by atoms with Crippen LogP contribution in [0.3, 0.4) is 0 Å². The predicted octanol–water partition coefficient (Wildman–Crippen LogP) is 2.42. The Morgan fingerprint density at radius 1 is 1.17 bits per heavy atom. The summed E-state index contributed by atoms with van der Waals surface area (Å²) in [4.78, 5) is 4.21. The number of pyridine rings is 1. The lowest BCUT2D eigenvalue weighted by Gasteiger charge is -2.01. The van der Waals surface area contributed by atoms with Gasteiger partial charge in [-0.3, -0.25) is 4.98 Å². The molecule has 0 fully saturated rings. The van der Waals surface area contributed by atoms with E-state index in [4.69, 9.17) is 9.63 Å². The average molecular weight is 240 g/mol. The molecule has 2 aromatic heterocycles. The zero-order chi connectivity index (χ0) is 12.4. The van der Waals surface area contributed by atoms with Crippen molar-refractivity contribution in [1.82, 2.24) is 10.1 Å². The zero-order valence-corrected chi connectivity index (χ0v) is 9.71. The predicted molar refractivity (Wildman–Crippen MR) is 68.0 cm³/mol. The van der Waals surface area contributed by atoms with Crippen LogP contribution in [0.1, 0.15) is 5.76 Å². The van der Waals surface area contributed by atoms with Crippen LogP contribution in [0.4, 0.5) is 0 Å². The van der Waals surface area contributed by atoms with Gasteiger partial charge < -0.3 is 9.63 Å². The quantitative estimate of drug-likeness (QED) is 0.763. The fraction of sp³-hybridized carbons (Fsp3) is 0.143. The summed E-state index contributed by atoms with van der Waals surface area (Å²) in [5, 5.41) is 15.1. The summed E-state index contributed by atoms with van der Waals surface area (Å²) in [6, 6.07) is 9.86. The molecule has 0 spiro atoms. The standard InChI is InChI=1S/C14H12N2O2/c17-6-5-11-7-14(16-18-11)13-9-15-8-10-3-1-2-4-12(10)13/h1-4,7-9,17H,5-6H2. The first-order chi connectivity index (χ1) is 8.88. The van der Waals surface area contributed by atoms with E-state index in [2.05, 4.69) is 10.1 Å². The molecule has 90 valence electrons. The van der Waals surface area contributed by atoms with Crippen LogP contribution < -0.4 is 0 Å². The van der Waals surface area contributed by atoms with Gasteiger partial charge in [0.15, 0.2) is 0 Å². The number of benzene rings is 1.